The van der Waals surface area contributed by atoms with Gasteiger partial charge in [-0.2, -0.15) is 28.3 Å². The van der Waals surface area contributed by atoms with Gasteiger partial charge in [0.25, 0.3) is 0 Å². The van der Waals surface area contributed by atoms with Crippen molar-refractivity contribution in [1.29, 1.82) is 5.16 Å². The normalized spacial score (nSPS) is 13.7. The Morgan fingerprint density at radius 1 is 0.600 bits per heavy atom. The maximum atomic E-state index is 8.92. The summed E-state index contributed by atoms with van der Waals surface area (Å²) in [6.07, 6.45) is 0. The number of hydrogen-bond donors (Lipinski definition) is 11. The fourth-order valence-corrected chi connectivity index (χ4v) is 5.99. The largest absolute Gasteiger partial charge is 0.370 e. The molecule has 0 aromatic heterocycles. The van der Waals surface area contributed by atoms with Crippen LogP contribution in [-0.4, -0.2) is 72.1 Å². The van der Waals surface area contributed by atoms with Crippen LogP contribution >= 0.6 is 15.0 Å². The number of nitrogens with zero attached hydrogens (tertiary/aromatic N) is 6. The van der Waals surface area contributed by atoms with E-state index in [1.807, 2.05) is 0 Å². The van der Waals surface area contributed by atoms with Crippen molar-refractivity contribution in [3.8, 4) is 0 Å². The SMILES string of the molecule is CNC(N)=NP(N=C(N)N)(N=C(N)NC)=NP(=N)(N=C(NC)NC)N=C(NC)NC. The molecule has 17 nitrogen and oxygen atoms in total. The highest BCUT2D eigenvalue weighted by atomic mass is 31.2. The van der Waals surface area contributed by atoms with E-state index in [0.717, 1.165) is 0 Å². The van der Waals surface area contributed by atoms with Gasteiger partial charge >= 0.3 is 15.0 Å². The van der Waals surface area contributed by atoms with Crippen molar-refractivity contribution in [1.82, 2.24) is 31.9 Å². The number of nitrogens with one attached hydrogen (secondary N) is 7. The highest BCUT2D eigenvalue weighted by Gasteiger charge is 2.27. The van der Waals surface area contributed by atoms with Gasteiger partial charge in [-0.05, 0) is 0 Å². The number of rotatable bonds is 6. The van der Waals surface area contributed by atoms with Crippen molar-refractivity contribution >= 4 is 44.8 Å². The summed E-state index contributed by atoms with van der Waals surface area (Å²) in [5.74, 6) is -0.0345. The molecule has 172 valence electrons. The van der Waals surface area contributed by atoms with Crippen LogP contribution in [0.3, 0.4) is 0 Å². The van der Waals surface area contributed by atoms with Crippen LogP contribution in [0.1, 0.15) is 0 Å². The zero-order chi connectivity index (χ0) is 23.4. The molecule has 0 heterocycles. The van der Waals surface area contributed by atoms with Gasteiger partial charge in [-0.1, -0.05) is 0 Å². The first-order valence-corrected chi connectivity index (χ1v) is 11.6. The van der Waals surface area contributed by atoms with Crippen molar-refractivity contribution in [2.45, 2.75) is 0 Å². The molecule has 15 N–H and O–H groups in total. The molecular weight excluding hydrogens is 432 g/mol. The molecule has 0 fully saturated rings. The lowest BCUT2D eigenvalue weighted by Gasteiger charge is -2.18. The smallest absolute Gasteiger partial charge is 0.317 e. The Kier molecular flexibility index (Phi) is 11.1. The molecule has 0 radical (unpaired) electrons. The van der Waals surface area contributed by atoms with Crippen LogP contribution in [0.15, 0.2) is 28.3 Å². The van der Waals surface area contributed by atoms with Crippen LogP contribution in [0.5, 0.6) is 0 Å². The summed E-state index contributed by atoms with van der Waals surface area (Å²) in [6, 6.07) is 0. The fourth-order valence-electron chi connectivity index (χ4n) is 1.63. The fraction of sp³-hybridized carbons (Fsp3) is 0.545. The molecule has 0 aliphatic rings. The zero-order valence-corrected chi connectivity index (χ0v) is 19.7. The van der Waals surface area contributed by atoms with E-state index >= 15 is 0 Å². The van der Waals surface area contributed by atoms with Gasteiger partial charge in [0, 0.05) is 42.3 Å². The minimum absolute atomic E-state index is 0.0749. The molecule has 0 aliphatic heterocycles. The van der Waals surface area contributed by atoms with Gasteiger partial charge in [-0.25, -0.2) is 0 Å². The Morgan fingerprint density at radius 2 is 0.967 bits per heavy atom. The lowest BCUT2D eigenvalue weighted by Crippen LogP contribution is -2.32. The van der Waals surface area contributed by atoms with Gasteiger partial charge in [0.1, 0.15) is 0 Å². The first kappa shape index (κ1) is 26.8. The van der Waals surface area contributed by atoms with Crippen LogP contribution < -0.4 is 54.8 Å². The number of guanidine groups is 5. The highest BCUT2D eigenvalue weighted by Crippen LogP contribution is 2.66. The Morgan fingerprint density at radius 3 is 1.23 bits per heavy atom. The molecule has 0 bridgehead atoms. The van der Waals surface area contributed by atoms with Crippen molar-refractivity contribution < 1.29 is 0 Å². The first-order valence-electron chi connectivity index (χ1n) is 8.40. The zero-order valence-electron chi connectivity index (χ0n) is 17.9. The molecule has 0 saturated carbocycles. The van der Waals surface area contributed by atoms with Crippen LogP contribution in [0.2, 0.25) is 0 Å². The van der Waals surface area contributed by atoms with Gasteiger partial charge < -0.3 is 54.8 Å². The minimum Gasteiger partial charge on any atom is -0.370 e. The van der Waals surface area contributed by atoms with Crippen molar-refractivity contribution in [2.75, 3.05) is 42.3 Å². The van der Waals surface area contributed by atoms with Crippen molar-refractivity contribution in [3.63, 3.8) is 0 Å². The topological polar surface area (TPSA) is 274 Å². The van der Waals surface area contributed by atoms with E-state index in [1.165, 1.54) is 14.1 Å². The van der Waals surface area contributed by atoms with E-state index in [9.17, 15) is 0 Å². The summed E-state index contributed by atoms with van der Waals surface area (Å²) >= 11 is 0. The second-order valence-corrected chi connectivity index (χ2v) is 9.01. The van der Waals surface area contributed by atoms with Crippen LogP contribution in [0.4, 0.5) is 0 Å². The molecular formula is C11H33N17P2. The lowest BCUT2D eigenvalue weighted by atomic mass is 10.9. The standard InChI is InChI=1S/C11H33N17P2/c1-17-8(14)24-30(23-7(12)13,25-9(15)18-2)28-29(16,26-10(19-3)20-4)27-11(21-5)22-6/h1-6H3,(H4,12,13,23)(H3,14,17,24)(H3,15,18,25)(H5,16,19,20,21,22,26,27). The monoisotopic (exact) mass is 465 g/mol. The summed E-state index contributed by atoms with van der Waals surface area (Å²) in [6.45, 7) is 0. The van der Waals surface area contributed by atoms with Gasteiger partial charge in [-0.15, -0.1) is 0 Å². The summed E-state index contributed by atoms with van der Waals surface area (Å²) in [4.78, 5) is 0. The van der Waals surface area contributed by atoms with E-state index < -0.39 is 15.0 Å². The van der Waals surface area contributed by atoms with E-state index in [2.05, 4.69) is 60.2 Å². The van der Waals surface area contributed by atoms with Crippen LogP contribution in [0.25, 0.3) is 0 Å². The van der Waals surface area contributed by atoms with E-state index in [-0.39, 0.29) is 29.8 Å². The predicted molar refractivity (Wildman–Crippen MR) is 127 cm³/mol. The van der Waals surface area contributed by atoms with Gasteiger partial charge in [0.2, 0.25) is 0 Å². The maximum absolute atomic E-state index is 8.92. The quantitative estimate of drug-likeness (QED) is 0.110. The number of hydrogen-bond acceptors (Lipinski definition) is 1. The molecule has 30 heavy (non-hydrogen) atoms. The van der Waals surface area contributed by atoms with E-state index in [1.54, 1.807) is 28.2 Å². The van der Waals surface area contributed by atoms with Gasteiger partial charge in [0.15, 0.2) is 29.8 Å². The summed E-state index contributed by atoms with van der Waals surface area (Å²) in [7, 11) is 2.16. The third-order valence-electron chi connectivity index (χ3n) is 2.92. The van der Waals surface area contributed by atoms with E-state index in [4.69, 9.17) is 28.1 Å². The molecule has 0 atom stereocenters. The molecule has 0 unspecified atom stereocenters. The third-order valence-corrected chi connectivity index (χ3v) is 7.30. The summed E-state index contributed by atoms with van der Waals surface area (Å²) in [5, 5.41) is 25.4. The van der Waals surface area contributed by atoms with Crippen LogP contribution in [-0.2, 0) is 0 Å². The molecule has 0 aliphatic carbocycles. The van der Waals surface area contributed by atoms with Gasteiger partial charge in [0.05, 0.1) is 0 Å². The van der Waals surface area contributed by atoms with Crippen molar-refractivity contribution in [3.05, 3.63) is 0 Å². The predicted octanol–water partition coefficient (Wildman–Crippen LogP) is -2.61. The second-order valence-electron chi connectivity index (χ2n) is 5.09. The maximum Gasteiger partial charge on any atom is 0.317 e. The highest BCUT2D eigenvalue weighted by molar-refractivity contribution is 7.73. The molecule has 0 amide bonds. The van der Waals surface area contributed by atoms with Crippen molar-refractivity contribution in [2.24, 2.45) is 51.3 Å². The Labute approximate surface area is 176 Å². The Balaban J connectivity index is 7.50. The summed E-state index contributed by atoms with van der Waals surface area (Å²) in [5.41, 5.74) is 22.9. The molecule has 0 saturated heterocycles. The molecule has 0 rings (SSSR count). The first-order chi connectivity index (χ1) is 14.0. The minimum atomic E-state index is -3.71. The molecule has 0 aromatic carbocycles. The van der Waals surface area contributed by atoms with Gasteiger partial charge in [-0.3, -0.25) is 5.16 Å². The Bertz CT molecular complexity index is 756. The third kappa shape index (κ3) is 8.87. The average molecular weight is 465 g/mol. The lowest BCUT2D eigenvalue weighted by molar-refractivity contribution is 1.02. The number of nitrogens with two attached hydrogens (primary N) is 4. The average Bonchev–Trinajstić information content (AvgIpc) is 2.69. The molecule has 0 spiro atoms. The summed E-state index contributed by atoms with van der Waals surface area (Å²) < 4.78 is 25.5. The van der Waals surface area contributed by atoms with E-state index in [0.29, 0.717) is 0 Å². The molecule has 19 heteroatoms. The molecule has 0 aromatic rings. The van der Waals surface area contributed by atoms with Crippen LogP contribution in [0, 0.1) is 5.16 Å². The Hall–Kier alpha value is -3.19. The second kappa shape index (κ2) is 12.4.